The normalized spacial score (nSPS) is 11.4. The lowest BCUT2D eigenvalue weighted by Crippen LogP contribution is -2.04. The van der Waals surface area contributed by atoms with Gasteiger partial charge in [-0.3, -0.25) is 0 Å². The fraction of sp³-hybridized carbons (Fsp3) is 0.625. The molecule has 1 N–H and O–H groups in total. The molecule has 4 heteroatoms. The number of nitrogens with zero attached hydrogens (tertiary/aromatic N) is 3. The average Bonchev–Trinajstić information content (AvgIpc) is 2.86. The van der Waals surface area contributed by atoms with E-state index >= 15 is 0 Å². The van der Waals surface area contributed by atoms with Crippen LogP contribution in [0, 0.1) is 0 Å². The third-order valence-corrected chi connectivity index (χ3v) is 3.53. The summed E-state index contributed by atoms with van der Waals surface area (Å²) in [4.78, 5) is 4.53. The predicted octanol–water partition coefficient (Wildman–Crippen LogP) is 4.39. The lowest BCUT2D eigenvalue weighted by Gasteiger charge is -2.08. The largest absolute Gasteiger partial charge is 0.384 e. The number of aromatic nitrogens is 3. The molecule has 20 heavy (non-hydrogen) atoms. The van der Waals surface area contributed by atoms with Crippen molar-refractivity contribution >= 4 is 16.7 Å². The van der Waals surface area contributed by atoms with Crippen LogP contribution in [-0.4, -0.2) is 21.3 Å². The molecule has 0 radical (unpaired) electrons. The summed E-state index contributed by atoms with van der Waals surface area (Å²) in [5.74, 6) is 0. The molecule has 0 atom stereocenters. The highest BCUT2D eigenvalue weighted by Gasteiger charge is 2.07. The van der Waals surface area contributed by atoms with E-state index in [1.54, 1.807) is 0 Å². The first-order valence-electron chi connectivity index (χ1n) is 7.79. The van der Waals surface area contributed by atoms with Crippen molar-refractivity contribution in [1.29, 1.82) is 0 Å². The Bertz CT molecular complexity index is 530. The minimum absolute atomic E-state index is 0.345. The molecule has 2 rings (SSSR count). The number of nitrogens with one attached hydrogen (secondary N) is 1. The molecule has 0 aliphatic heterocycles. The van der Waals surface area contributed by atoms with Crippen LogP contribution in [0.5, 0.6) is 0 Å². The van der Waals surface area contributed by atoms with Crippen molar-refractivity contribution in [2.75, 3.05) is 11.9 Å². The first-order valence-corrected chi connectivity index (χ1v) is 7.79. The molecular formula is C16H26N4. The van der Waals surface area contributed by atoms with Crippen LogP contribution in [0.3, 0.4) is 0 Å². The fourth-order valence-electron chi connectivity index (χ4n) is 2.38. The Morgan fingerprint density at radius 3 is 2.70 bits per heavy atom. The Morgan fingerprint density at radius 1 is 1.15 bits per heavy atom. The Hall–Kier alpha value is -1.58. The second kappa shape index (κ2) is 7.27. The Kier molecular flexibility index (Phi) is 5.39. The van der Waals surface area contributed by atoms with Gasteiger partial charge in [-0.15, -0.1) is 0 Å². The van der Waals surface area contributed by atoms with Gasteiger partial charge in [0.2, 0.25) is 0 Å². The highest BCUT2D eigenvalue weighted by atomic mass is 15.3. The van der Waals surface area contributed by atoms with Gasteiger partial charge >= 0.3 is 0 Å². The molecule has 0 amide bonds. The van der Waals surface area contributed by atoms with Crippen LogP contribution < -0.4 is 5.32 Å². The molecule has 0 saturated heterocycles. The number of pyridine rings is 1. The van der Waals surface area contributed by atoms with Crippen molar-refractivity contribution in [3.05, 3.63) is 18.5 Å². The number of hydrogen-bond acceptors (Lipinski definition) is 3. The minimum atomic E-state index is 0.345. The first kappa shape index (κ1) is 14.8. The van der Waals surface area contributed by atoms with Gasteiger partial charge in [0.05, 0.1) is 18.1 Å². The Balaban J connectivity index is 1.89. The van der Waals surface area contributed by atoms with Gasteiger partial charge in [0.1, 0.15) is 0 Å². The second-order valence-corrected chi connectivity index (χ2v) is 5.66. The topological polar surface area (TPSA) is 42.7 Å². The summed E-state index contributed by atoms with van der Waals surface area (Å²) >= 11 is 0. The van der Waals surface area contributed by atoms with Gasteiger partial charge in [0.15, 0.2) is 5.65 Å². The van der Waals surface area contributed by atoms with Crippen molar-refractivity contribution in [2.24, 2.45) is 0 Å². The minimum Gasteiger partial charge on any atom is -0.384 e. The van der Waals surface area contributed by atoms with E-state index in [9.17, 15) is 0 Å². The summed E-state index contributed by atoms with van der Waals surface area (Å²) < 4.78 is 1.96. The predicted molar refractivity (Wildman–Crippen MR) is 85.2 cm³/mol. The van der Waals surface area contributed by atoms with E-state index in [1.807, 2.05) is 17.1 Å². The highest BCUT2D eigenvalue weighted by Crippen LogP contribution is 2.19. The molecule has 0 saturated carbocycles. The van der Waals surface area contributed by atoms with Crippen LogP contribution in [0.25, 0.3) is 11.0 Å². The summed E-state index contributed by atoms with van der Waals surface area (Å²) in [6.07, 6.45) is 10.3. The van der Waals surface area contributed by atoms with Crippen LogP contribution in [0.4, 0.5) is 5.69 Å². The van der Waals surface area contributed by atoms with E-state index in [2.05, 4.69) is 42.2 Å². The average molecular weight is 274 g/mol. The number of rotatable bonds is 8. The van der Waals surface area contributed by atoms with Gasteiger partial charge in [0, 0.05) is 18.0 Å². The Labute approximate surface area is 121 Å². The third kappa shape index (κ3) is 3.71. The molecule has 0 aromatic carbocycles. The zero-order valence-electron chi connectivity index (χ0n) is 12.9. The van der Waals surface area contributed by atoms with Crippen LogP contribution in [0.1, 0.15) is 58.9 Å². The molecule has 0 bridgehead atoms. The molecule has 110 valence electrons. The summed E-state index contributed by atoms with van der Waals surface area (Å²) in [7, 11) is 0. The standard InChI is InChI=1S/C16H26N4/c1-4-5-6-7-8-9-17-15-10-14-11-19-20(13(2)3)16(14)18-12-15/h10-13,17H,4-9H2,1-3H3. The summed E-state index contributed by atoms with van der Waals surface area (Å²) in [6, 6.07) is 2.48. The summed E-state index contributed by atoms with van der Waals surface area (Å²) in [5, 5.41) is 8.95. The molecule has 0 aliphatic carbocycles. The SMILES string of the molecule is CCCCCCCNc1cnc2c(cnn2C(C)C)c1. The van der Waals surface area contributed by atoms with Gasteiger partial charge in [0.25, 0.3) is 0 Å². The van der Waals surface area contributed by atoms with Crippen LogP contribution in [0.2, 0.25) is 0 Å². The van der Waals surface area contributed by atoms with E-state index in [-0.39, 0.29) is 0 Å². The van der Waals surface area contributed by atoms with E-state index in [1.165, 1.54) is 32.1 Å². The van der Waals surface area contributed by atoms with Gasteiger partial charge in [-0.25, -0.2) is 9.67 Å². The van der Waals surface area contributed by atoms with Crippen LogP contribution in [-0.2, 0) is 0 Å². The zero-order chi connectivity index (χ0) is 14.4. The van der Waals surface area contributed by atoms with Gasteiger partial charge in [-0.05, 0) is 26.3 Å². The quantitative estimate of drug-likeness (QED) is 0.726. The van der Waals surface area contributed by atoms with Crippen molar-refractivity contribution in [2.45, 2.75) is 58.9 Å². The second-order valence-electron chi connectivity index (χ2n) is 5.66. The monoisotopic (exact) mass is 274 g/mol. The van der Waals surface area contributed by atoms with Crippen LogP contribution in [0.15, 0.2) is 18.5 Å². The van der Waals surface area contributed by atoms with Gasteiger partial charge in [-0.1, -0.05) is 32.6 Å². The van der Waals surface area contributed by atoms with E-state index in [4.69, 9.17) is 0 Å². The molecule has 2 heterocycles. The van der Waals surface area contributed by atoms with Crippen LogP contribution >= 0.6 is 0 Å². The maximum atomic E-state index is 4.53. The lowest BCUT2D eigenvalue weighted by molar-refractivity contribution is 0.546. The molecule has 4 nitrogen and oxygen atoms in total. The number of anilines is 1. The maximum absolute atomic E-state index is 4.53. The number of fused-ring (bicyclic) bond motifs is 1. The highest BCUT2D eigenvalue weighted by molar-refractivity contribution is 5.78. The molecule has 0 aliphatic rings. The third-order valence-electron chi connectivity index (χ3n) is 3.53. The zero-order valence-corrected chi connectivity index (χ0v) is 12.9. The fourth-order valence-corrected chi connectivity index (χ4v) is 2.38. The number of hydrogen-bond donors (Lipinski definition) is 1. The lowest BCUT2D eigenvalue weighted by atomic mass is 10.1. The molecule has 2 aromatic heterocycles. The molecule has 0 unspecified atom stereocenters. The molecule has 2 aromatic rings. The van der Waals surface area contributed by atoms with Crippen molar-refractivity contribution in [3.63, 3.8) is 0 Å². The van der Waals surface area contributed by atoms with Gasteiger partial charge < -0.3 is 5.32 Å². The summed E-state index contributed by atoms with van der Waals surface area (Å²) in [5.41, 5.74) is 2.06. The van der Waals surface area contributed by atoms with Gasteiger partial charge in [-0.2, -0.15) is 5.10 Å². The van der Waals surface area contributed by atoms with E-state index < -0.39 is 0 Å². The molecule has 0 fully saturated rings. The van der Waals surface area contributed by atoms with Crippen molar-refractivity contribution < 1.29 is 0 Å². The summed E-state index contributed by atoms with van der Waals surface area (Å²) in [6.45, 7) is 7.51. The maximum Gasteiger partial charge on any atom is 0.158 e. The first-order chi connectivity index (χ1) is 9.72. The van der Waals surface area contributed by atoms with E-state index in [0.717, 1.165) is 23.3 Å². The van der Waals surface area contributed by atoms with E-state index in [0.29, 0.717) is 6.04 Å². The van der Waals surface area contributed by atoms with Crippen molar-refractivity contribution in [1.82, 2.24) is 14.8 Å². The number of unbranched alkanes of at least 4 members (excludes halogenated alkanes) is 4. The molecule has 0 spiro atoms. The molecular weight excluding hydrogens is 248 g/mol. The Morgan fingerprint density at radius 2 is 1.95 bits per heavy atom. The van der Waals surface area contributed by atoms with Crippen molar-refractivity contribution in [3.8, 4) is 0 Å². The smallest absolute Gasteiger partial charge is 0.158 e.